The first-order valence-electron chi connectivity index (χ1n) is 6.09. The first-order valence-corrected chi connectivity index (χ1v) is 6.09. The quantitative estimate of drug-likeness (QED) is 0.820. The van der Waals surface area contributed by atoms with Crippen LogP contribution < -0.4 is 10.9 Å². The maximum Gasteiger partial charge on any atom is 0.261 e. The van der Waals surface area contributed by atoms with Crippen LogP contribution in [0, 0.1) is 0 Å². The molecule has 1 amide bonds. The molecule has 0 aliphatic heterocycles. The predicted octanol–water partition coefficient (Wildman–Crippen LogP) is 1.03. The number of hydrogen-bond donors (Lipinski definition) is 2. The van der Waals surface area contributed by atoms with Gasteiger partial charge in [0.15, 0.2) is 5.78 Å². The molecule has 0 bridgehead atoms. The highest BCUT2D eigenvalue weighted by molar-refractivity contribution is 6.01. The van der Waals surface area contributed by atoms with Crippen molar-refractivity contribution in [3.8, 4) is 0 Å². The Labute approximate surface area is 105 Å². The van der Waals surface area contributed by atoms with E-state index < -0.39 is 11.5 Å². The van der Waals surface area contributed by atoms with Crippen molar-refractivity contribution in [2.24, 2.45) is 0 Å². The van der Waals surface area contributed by atoms with Crippen LogP contribution in [0.15, 0.2) is 10.9 Å². The first kappa shape index (κ1) is 12.5. The standard InChI is InChI=1S/C13H16N2O3/c1-7(2)14-12(17)9-6-8-10(15-13(9)18)4-3-5-11(8)16/h6-7H,3-5H2,1-2H3,(H,14,17)(H,15,18). The lowest BCUT2D eigenvalue weighted by molar-refractivity contribution is 0.0941. The van der Waals surface area contributed by atoms with Crippen LogP contribution in [0.2, 0.25) is 0 Å². The molecule has 1 heterocycles. The Morgan fingerprint density at radius 1 is 1.33 bits per heavy atom. The smallest absolute Gasteiger partial charge is 0.261 e. The monoisotopic (exact) mass is 248 g/mol. The predicted molar refractivity (Wildman–Crippen MR) is 66.9 cm³/mol. The largest absolute Gasteiger partial charge is 0.350 e. The topological polar surface area (TPSA) is 79.0 Å². The summed E-state index contributed by atoms with van der Waals surface area (Å²) in [4.78, 5) is 38.0. The van der Waals surface area contributed by atoms with Crippen LogP contribution in [0.5, 0.6) is 0 Å². The molecular weight excluding hydrogens is 232 g/mol. The van der Waals surface area contributed by atoms with E-state index in [9.17, 15) is 14.4 Å². The number of nitrogens with one attached hydrogen (secondary N) is 2. The molecule has 2 N–H and O–H groups in total. The summed E-state index contributed by atoms with van der Waals surface area (Å²) in [7, 11) is 0. The van der Waals surface area contributed by atoms with Gasteiger partial charge in [-0.15, -0.1) is 0 Å². The molecule has 1 aromatic heterocycles. The lowest BCUT2D eigenvalue weighted by Crippen LogP contribution is -2.35. The number of amides is 1. The molecule has 1 aliphatic carbocycles. The zero-order valence-corrected chi connectivity index (χ0v) is 10.5. The SMILES string of the molecule is CC(C)NC(=O)c1cc2c([nH]c1=O)CCCC2=O. The Hall–Kier alpha value is -1.91. The number of aromatic amines is 1. The van der Waals surface area contributed by atoms with Gasteiger partial charge in [0, 0.05) is 23.7 Å². The molecule has 1 aromatic rings. The summed E-state index contributed by atoms with van der Waals surface area (Å²) in [6, 6.07) is 1.37. The summed E-state index contributed by atoms with van der Waals surface area (Å²) < 4.78 is 0. The summed E-state index contributed by atoms with van der Waals surface area (Å²) in [6.45, 7) is 3.63. The molecule has 5 heteroatoms. The van der Waals surface area contributed by atoms with Gasteiger partial charge in [0.05, 0.1) is 0 Å². The normalized spacial score (nSPS) is 14.5. The molecule has 0 unspecified atom stereocenters. The minimum Gasteiger partial charge on any atom is -0.350 e. The number of aromatic nitrogens is 1. The summed E-state index contributed by atoms with van der Waals surface area (Å²) >= 11 is 0. The second kappa shape index (κ2) is 4.76. The molecule has 0 fully saturated rings. The van der Waals surface area contributed by atoms with Crippen molar-refractivity contribution in [1.29, 1.82) is 0 Å². The van der Waals surface area contributed by atoms with Crippen LogP contribution in [0.3, 0.4) is 0 Å². The van der Waals surface area contributed by atoms with Gasteiger partial charge in [-0.05, 0) is 32.8 Å². The van der Waals surface area contributed by atoms with Gasteiger partial charge in [0.1, 0.15) is 5.56 Å². The molecule has 0 radical (unpaired) electrons. The van der Waals surface area contributed by atoms with E-state index >= 15 is 0 Å². The summed E-state index contributed by atoms with van der Waals surface area (Å²) in [5, 5.41) is 2.65. The Morgan fingerprint density at radius 3 is 2.72 bits per heavy atom. The van der Waals surface area contributed by atoms with Crippen molar-refractivity contribution in [3.63, 3.8) is 0 Å². The molecule has 0 saturated carbocycles. The van der Waals surface area contributed by atoms with Crippen molar-refractivity contribution in [1.82, 2.24) is 10.3 Å². The van der Waals surface area contributed by atoms with Gasteiger partial charge in [-0.1, -0.05) is 0 Å². The number of carbonyl (C=O) groups is 2. The van der Waals surface area contributed by atoms with Crippen LogP contribution in [-0.2, 0) is 6.42 Å². The Bertz CT molecular complexity index is 558. The summed E-state index contributed by atoms with van der Waals surface area (Å²) in [6.07, 6.45) is 1.91. The highest BCUT2D eigenvalue weighted by atomic mass is 16.2. The average Bonchev–Trinajstić information content (AvgIpc) is 2.27. The third-order valence-electron chi connectivity index (χ3n) is 2.92. The molecular formula is C13H16N2O3. The van der Waals surface area contributed by atoms with Crippen LogP contribution in [-0.4, -0.2) is 22.7 Å². The number of rotatable bonds is 2. The van der Waals surface area contributed by atoms with E-state index in [0.717, 1.165) is 6.42 Å². The average molecular weight is 248 g/mol. The number of pyridine rings is 1. The Balaban J connectivity index is 2.44. The van der Waals surface area contributed by atoms with E-state index in [0.29, 0.717) is 24.1 Å². The van der Waals surface area contributed by atoms with Crippen molar-refractivity contribution in [3.05, 3.63) is 33.2 Å². The van der Waals surface area contributed by atoms with Gasteiger partial charge in [0.2, 0.25) is 0 Å². The van der Waals surface area contributed by atoms with E-state index in [2.05, 4.69) is 10.3 Å². The summed E-state index contributed by atoms with van der Waals surface area (Å²) in [5.41, 5.74) is 0.714. The zero-order chi connectivity index (χ0) is 13.3. The van der Waals surface area contributed by atoms with Crippen molar-refractivity contribution in [2.45, 2.75) is 39.2 Å². The summed E-state index contributed by atoms with van der Waals surface area (Å²) in [5.74, 6) is -0.446. The molecule has 1 aliphatic rings. The highest BCUT2D eigenvalue weighted by Crippen LogP contribution is 2.18. The van der Waals surface area contributed by atoms with E-state index in [1.807, 2.05) is 13.8 Å². The number of H-pyrrole nitrogens is 1. The fourth-order valence-corrected chi connectivity index (χ4v) is 2.08. The first-order chi connectivity index (χ1) is 8.49. The maximum absolute atomic E-state index is 11.8. The fourth-order valence-electron chi connectivity index (χ4n) is 2.08. The lowest BCUT2D eigenvalue weighted by atomic mass is 9.93. The van der Waals surface area contributed by atoms with Gasteiger partial charge in [-0.25, -0.2) is 0 Å². The van der Waals surface area contributed by atoms with E-state index in [1.165, 1.54) is 6.07 Å². The second-order valence-corrected chi connectivity index (χ2v) is 4.81. The van der Waals surface area contributed by atoms with Gasteiger partial charge in [0.25, 0.3) is 11.5 Å². The Kier molecular flexibility index (Phi) is 3.32. The molecule has 2 rings (SSSR count). The minimum atomic E-state index is -0.438. The van der Waals surface area contributed by atoms with Crippen LogP contribution in [0.4, 0.5) is 0 Å². The molecule has 0 saturated heterocycles. The lowest BCUT2D eigenvalue weighted by Gasteiger charge is -2.15. The van der Waals surface area contributed by atoms with Crippen LogP contribution in [0.1, 0.15) is 53.1 Å². The van der Waals surface area contributed by atoms with E-state index in [1.54, 1.807) is 0 Å². The number of hydrogen-bond acceptors (Lipinski definition) is 3. The second-order valence-electron chi connectivity index (χ2n) is 4.81. The van der Waals surface area contributed by atoms with Crippen molar-refractivity contribution >= 4 is 11.7 Å². The molecule has 0 spiro atoms. The number of Topliss-reactive ketones (excluding diaryl/α,β-unsaturated/α-hetero) is 1. The number of fused-ring (bicyclic) bond motifs is 1. The number of aryl methyl sites for hydroxylation is 1. The third kappa shape index (κ3) is 2.34. The number of ketones is 1. The van der Waals surface area contributed by atoms with E-state index in [4.69, 9.17) is 0 Å². The fraction of sp³-hybridized carbons (Fsp3) is 0.462. The third-order valence-corrected chi connectivity index (χ3v) is 2.92. The van der Waals surface area contributed by atoms with Crippen molar-refractivity contribution < 1.29 is 9.59 Å². The minimum absolute atomic E-state index is 0.00824. The molecule has 0 atom stereocenters. The molecule has 0 aromatic carbocycles. The van der Waals surface area contributed by atoms with Gasteiger partial charge in [-0.2, -0.15) is 0 Å². The van der Waals surface area contributed by atoms with E-state index in [-0.39, 0.29) is 17.4 Å². The van der Waals surface area contributed by atoms with Crippen molar-refractivity contribution in [2.75, 3.05) is 0 Å². The molecule has 96 valence electrons. The van der Waals surface area contributed by atoms with Crippen LogP contribution >= 0.6 is 0 Å². The highest BCUT2D eigenvalue weighted by Gasteiger charge is 2.22. The molecule has 5 nitrogen and oxygen atoms in total. The number of carbonyl (C=O) groups excluding carboxylic acids is 2. The van der Waals surface area contributed by atoms with Gasteiger partial charge >= 0.3 is 0 Å². The van der Waals surface area contributed by atoms with Gasteiger partial charge in [-0.3, -0.25) is 14.4 Å². The zero-order valence-electron chi connectivity index (χ0n) is 10.5. The van der Waals surface area contributed by atoms with Gasteiger partial charge < -0.3 is 10.3 Å². The van der Waals surface area contributed by atoms with Crippen LogP contribution in [0.25, 0.3) is 0 Å². The maximum atomic E-state index is 11.8. The molecule has 18 heavy (non-hydrogen) atoms. The Morgan fingerprint density at radius 2 is 2.06 bits per heavy atom.